The van der Waals surface area contributed by atoms with Crippen molar-refractivity contribution in [1.82, 2.24) is 4.98 Å². The van der Waals surface area contributed by atoms with Crippen LogP contribution in [0, 0.1) is 0 Å². The summed E-state index contributed by atoms with van der Waals surface area (Å²) in [5.74, 6) is 1.79. The topological polar surface area (TPSA) is 37.4 Å². The van der Waals surface area contributed by atoms with E-state index in [2.05, 4.69) is 22.9 Å². The summed E-state index contributed by atoms with van der Waals surface area (Å²) in [6.45, 7) is 4.86. The van der Waals surface area contributed by atoms with Gasteiger partial charge in [0.05, 0.1) is 5.69 Å². The van der Waals surface area contributed by atoms with Gasteiger partial charge in [-0.1, -0.05) is 30.9 Å². The second-order valence-electron chi connectivity index (χ2n) is 4.83. The van der Waals surface area contributed by atoms with Crippen LogP contribution in [0.2, 0.25) is 0 Å². The molecule has 110 valence electrons. The molecule has 0 unspecified atom stereocenters. The number of ether oxygens (including phenoxy) is 1. The van der Waals surface area contributed by atoms with Crippen molar-refractivity contribution in [3.05, 3.63) is 60.8 Å². The zero-order valence-corrected chi connectivity index (χ0v) is 12.5. The summed E-state index contributed by atoms with van der Waals surface area (Å²) in [5, 5.41) is 3.42. The van der Waals surface area contributed by atoms with Crippen LogP contribution in [-0.2, 0) is 6.54 Å². The molecule has 0 amide bonds. The predicted molar refractivity (Wildman–Crippen MR) is 88.0 cm³/mol. The number of nitrogens with zero attached hydrogens (tertiary/aromatic N) is 2. The molecular weight excluding hydrogens is 262 g/mol. The SMILES string of the molecule is C=CCOc1ccccc1CNc1cccnc1N(C)C. The van der Waals surface area contributed by atoms with Gasteiger partial charge in [-0.3, -0.25) is 0 Å². The summed E-state index contributed by atoms with van der Waals surface area (Å²) in [5.41, 5.74) is 2.11. The van der Waals surface area contributed by atoms with E-state index in [-0.39, 0.29) is 0 Å². The molecule has 1 aromatic heterocycles. The second-order valence-corrected chi connectivity index (χ2v) is 4.83. The smallest absolute Gasteiger partial charge is 0.151 e. The van der Waals surface area contributed by atoms with Crippen molar-refractivity contribution in [2.24, 2.45) is 0 Å². The first-order chi connectivity index (χ1) is 10.2. The van der Waals surface area contributed by atoms with Crippen molar-refractivity contribution >= 4 is 11.5 Å². The predicted octanol–water partition coefficient (Wildman–Crippen LogP) is 3.32. The lowest BCUT2D eigenvalue weighted by atomic mass is 10.2. The monoisotopic (exact) mass is 283 g/mol. The molecule has 4 nitrogen and oxygen atoms in total. The third kappa shape index (κ3) is 3.99. The van der Waals surface area contributed by atoms with Crippen LogP contribution < -0.4 is 15.0 Å². The van der Waals surface area contributed by atoms with E-state index in [4.69, 9.17) is 4.74 Å². The Morgan fingerprint density at radius 1 is 1.24 bits per heavy atom. The van der Waals surface area contributed by atoms with E-state index in [1.165, 1.54) is 0 Å². The van der Waals surface area contributed by atoms with Crippen LogP contribution in [0.1, 0.15) is 5.56 Å². The number of para-hydroxylation sites is 1. The summed E-state index contributed by atoms with van der Waals surface area (Å²) in [6.07, 6.45) is 3.54. The van der Waals surface area contributed by atoms with Crippen molar-refractivity contribution in [1.29, 1.82) is 0 Å². The van der Waals surface area contributed by atoms with E-state index in [1.54, 1.807) is 12.3 Å². The van der Waals surface area contributed by atoms with E-state index in [1.807, 2.05) is 49.3 Å². The Labute approximate surface area is 126 Å². The molecule has 1 heterocycles. The Kier molecular flexibility index (Phi) is 5.21. The van der Waals surface area contributed by atoms with Gasteiger partial charge in [0.2, 0.25) is 0 Å². The highest BCUT2D eigenvalue weighted by Crippen LogP contribution is 2.23. The number of nitrogens with one attached hydrogen (secondary N) is 1. The Morgan fingerprint density at radius 2 is 2.05 bits per heavy atom. The van der Waals surface area contributed by atoms with Crippen LogP contribution in [0.4, 0.5) is 11.5 Å². The largest absolute Gasteiger partial charge is 0.489 e. The van der Waals surface area contributed by atoms with E-state index in [0.29, 0.717) is 13.2 Å². The van der Waals surface area contributed by atoms with Gasteiger partial charge in [-0.15, -0.1) is 0 Å². The molecule has 0 aliphatic rings. The number of hydrogen-bond acceptors (Lipinski definition) is 4. The van der Waals surface area contributed by atoms with E-state index >= 15 is 0 Å². The van der Waals surface area contributed by atoms with Gasteiger partial charge in [0.1, 0.15) is 12.4 Å². The standard InChI is InChI=1S/C17H21N3O/c1-4-12-21-16-10-6-5-8-14(16)13-19-15-9-7-11-18-17(15)20(2)3/h4-11,19H,1,12-13H2,2-3H3. The van der Waals surface area contributed by atoms with Crippen LogP contribution in [0.15, 0.2) is 55.3 Å². The average molecular weight is 283 g/mol. The van der Waals surface area contributed by atoms with Gasteiger partial charge < -0.3 is 15.0 Å². The minimum atomic E-state index is 0.507. The minimum Gasteiger partial charge on any atom is -0.489 e. The second kappa shape index (κ2) is 7.33. The summed E-state index contributed by atoms with van der Waals surface area (Å²) in [7, 11) is 3.96. The first-order valence-corrected chi connectivity index (χ1v) is 6.90. The fourth-order valence-corrected chi connectivity index (χ4v) is 2.02. The molecule has 0 aliphatic carbocycles. The van der Waals surface area contributed by atoms with Crippen molar-refractivity contribution in [3.63, 3.8) is 0 Å². The molecule has 0 spiro atoms. The van der Waals surface area contributed by atoms with Gasteiger partial charge in [-0.05, 0) is 18.2 Å². The van der Waals surface area contributed by atoms with Gasteiger partial charge >= 0.3 is 0 Å². The Bertz CT molecular complexity index is 596. The normalized spacial score (nSPS) is 10.0. The maximum absolute atomic E-state index is 5.67. The lowest BCUT2D eigenvalue weighted by Crippen LogP contribution is -2.14. The van der Waals surface area contributed by atoms with E-state index in [9.17, 15) is 0 Å². The van der Waals surface area contributed by atoms with E-state index in [0.717, 1.165) is 22.8 Å². The molecule has 0 saturated carbocycles. The van der Waals surface area contributed by atoms with E-state index < -0.39 is 0 Å². The first kappa shape index (κ1) is 14.9. The molecule has 0 fully saturated rings. The molecule has 0 aliphatic heterocycles. The maximum Gasteiger partial charge on any atom is 0.151 e. The minimum absolute atomic E-state index is 0.507. The summed E-state index contributed by atoms with van der Waals surface area (Å²) >= 11 is 0. The van der Waals surface area contributed by atoms with Crippen LogP contribution in [0.5, 0.6) is 5.75 Å². The number of aromatic nitrogens is 1. The molecule has 0 bridgehead atoms. The molecule has 1 aromatic carbocycles. The zero-order chi connectivity index (χ0) is 15.1. The number of pyridine rings is 1. The third-order valence-electron chi connectivity index (χ3n) is 3.01. The highest BCUT2D eigenvalue weighted by molar-refractivity contribution is 5.64. The van der Waals surface area contributed by atoms with Crippen LogP contribution in [0.3, 0.4) is 0 Å². The Morgan fingerprint density at radius 3 is 2.81 bits per heavy atom. The van der Waals surface area contributed by atoms with Crippen molar-refractivity contribution in [2.45, 2.75) is 6.54 Å². The van der Waals surface area contributed by atoms with Crippen LogP contribution in [0.25, 0.3) is 0 Å². The lowest BCUT2D eigenvalue weighted by molar-refractivity contribution is 0.359. The molecule has 0 atom stereocenters. The Balaban J connectivity index is 2.11. The number of anilines is 2. The molecular formula is C17H21N3O. The van der Waals surface area contributed by atoms with Crippen molar-refractivity contribution in [2.75, 3.05) is 30.9 Å². The molecule has 0 radical (unpaired) electrons. The van der Waals surface area contributed by atoms with Gasteiger partial charge in [-0.2, -0.15) is 0 Å². The number of benzene rings is 1. The lowest BCUT2D eigenvalue weighted by Gasteiger charge is -2.17. The average Bonchev–Trinajstić information content (AvgIpc) is 2.52. The fraction of sp³-hybridized carbons (Fsp3) is 0.235. The molecule has 2 rings (SSSR count). The number of hydrogen-bond donors (Lipinski definition) is 1. The summed E-state index contributed by atoms with van der Waals surface area (Å²) in [6, 6.07) is 11.9. The summed E-state index contributed by atoms with van der Waals surface area (Å²) < 4.78 is 5.67. The van der Waals surface area contributed by atoms with Crippen LogP contribution >= 0.6 is 0 Å². The fourth-order valence-electron chi connectivity index (χ4n) is 2.02. The van der Waals surface area contributed by atoms with Gasteiger partial charge in [0, 0.05) is 32.4 Å². The van der Waals surface area contributed by atoms with Gasteiger partial charge in [-0.25, -0.2) is 4.98 Å². The Hall–Kier alpha value is -2.49. The molecule has 21 heavy (non-hydrogen) atoms. The quantitative estimate of drug-likeness (QED) is 0.791. The molecule has 4 heteroatoms. The zero-order valence-electron chi connectivity index (χ0n) is 12.5. The third-order valence-corrected chi connectivity index (χ3v) is 3.01. The highest BCUT2D eigenvalue weighted by Gasteiger charge is 2.07. The number of rotatable bonds is 7. The summed E-state index contributed by atoms with van der Waals surface area (Å²) in [4.78, 5) is 6.37. The molecule has 1 N–H and O–H groups in total. The van der Waals surface area contributed by atoms with Crippen molar-refractivity contribution < 1.29 is 4.74 Å². The molecule has 0 saturated heterocycles. The van der Waals surface area contributed by atoms with Gasteiger partial charge in [0.25, 0.3) is 0 Å². The molecule has 2 aromatic rings. The van der Waals surface area contributed by atoms with Crippen molar-refractivity contribution in [3.8, 4) is 5.75 Å². The van der Waals surface area contributed by atoms with Gasteiger partial charge in [0.15, 0.2) is 5.82 Å². The maximum atomic E-state index is 5.67. The highest BCUT2D eigenvalue weighted by atomic mass is 16.5. The van der Waals surface area contributed by atoms with Crippen LogP contribution in [-0.4, -0.2) is 25.7 Å². The first-order valence-electron chi connectivity index (χ1n) is 6.90.